The van der Waals surface area contributed by atoms with E-state index < -0.39 is 5.91 Å². The third kappa shape index (κ3) is 4.13. The minimum absolute atomic E-state index is 0.153. The van der Waals surface area contributed by atoms with Gasteiger partial charge in [-0.1, -0.05) is 29.8 Å². The molecule has 7 heteroatoms. The van der Waals surface area contributed by atoms with Crippen molar-refractivity contribution in [3.8, 4) is 11.3 Å². The molecule has 4 aromatic rings. The number of halogens is 1. The summed E-state index contributed by atoms with van der Waals surface area (Å²) >= 11 is 11.5. The molecule has 0 saturated carbocycles. The normalized spacial score (nSPS) is 10.7. The van der Waals surface area contributed by atoms with Crippen LogP contribution in [0.25, 0.3) is 22.2 Å². The van der Waals surface area contributed by atoms with Crippen molar-refractivity contribution in [1.82, 2.24) is 10.3 Å². The number of aromatic nitrogens is 1. The standard InChI is InChI=1S/C22H16ClN3O2S/c1-13-7-8-14(12-16(13)23)19-9-10-20(28-19)21(27)26-22(29)25-18-6-2-5-17-15(18)4-3-11-24-17/h2-12H,1H3,(H2,25,26,27,29). The van der Waals surface area contributed by atoms with E-state index in [-0.39, 0.29) is 10.9 Å². The Morgan fingerprint density at radius 2 is 1.97 bits per heavy atom. The predicted octanol–water partition coefficient (Wildman–Crippen LogP) is 5.58. The fraction of sp³-hybridized carbons (Fsp3) is 0.0455. The Hall–Kier alpha value is -3.22. The number of hydrogen-bond acceptors (Lipinski definition) is 4. The molecule has 29 heavy (non-hydrogen) atoms. The van der Waals surface area contributed by atoms with Crippen LogP contribution in [0, 0.1) is 6.92 Å². The zero-order valence-electron chi connectivity index (χ0n) is 15.4. The van der Waals surface area contributed by atoms with Crippen molar-refractivity contribution in [2.45, 2.75) is 6.92 Å². The molecule has 0 atom stereocenters. The molecule has 0 bridgehead atoms. The Bertz CT molecular complexity index is 1230. The number of benzene rings is 2. The highest BCUT2D eigenvalue weighted by molar-refractivity contribution is 7.80. The molecule has 0 saturated heterocycles. The van der Waals surface area contributed by atoms with Crippen molar-refractivity contribution in [2.24, 2.45) is 0 Å². The van der Waals surface area contributed by atoms with Crippen LogP contribution >= 0.6 is 23.8 Å². The number of rotatable bonds is 3. The fourth-order valence-corrected chi connectivity index (χ4v) is 3.28. The lowest BCUT2D eigenvalue weighted by molar-refractivity contribution is 0.0951. The van der Waals surface area contributed by atoms with Gasteiger partial charge in [0, 0.05) is 27.9 Å². The molecule has 0 unspecified atom stereocenters. The summed E-state index contributed by atoms with van der Waals surface area (Å²) in [6, 6.07) is 18.3. The highest BCUT2D eigenvalue weighted by Crippen LogP contribution is 2.27. The first-order valence-corrected chi connectivity index (χ1v) is 9.62. The Labute approximate surface area is 177 Å². The molecule has 2 heterocycles. The van der Waals surface area contributed by atoms with E-state index in [2.05, 4.69) is 15.6 Å². The van der Waals surface area contributed by atoms with Gasteiger partial charge in [0.15, 0.2) is 10.9 Å². The summed E-state index contributed by atoms with van der Waals surface area (Å²) in [6.45, 7) is 1.92. The van der Waals surface area contributed by atoms with Crippen molar-refractivity contribution in [3.63, 3.8) is 0 Å². The van der Waals surface area contributed by atoms with Crippen molar-refractivity contribution in [2.75, 3.05) is 5.32 Å². The smallest absolute Gasteiger partial charge is 0.293 e. The fourth-order valence-electron chi connectivity index (χ4n) is 2.89. The lowest BCUT2D eigenvalue weighted by Gasteiger charge is -2.10. The molecule has 0 aliphatic rings. The molecule has 0 spiro atoms. The van der Waals surface area contributed by atoms with Crippen LogP contribution in [-0.2, 0) is 0 Å². The van der Waals surface area contributed by atoms with E-state index >= 15 is 0 Å². The number of nitrogens with zero attached hydrogens (tertiary/aromatic N) is 1. The molecule has 0 fully saturated rings. The number of nitrogens with one attached hydrogen (secondary N) is 2. The van der Waals surface area contributed by atoms with Crippen molar-refractivity contribution in [1.29, 1.82) is 0 Å². The molecule has 1 amide bonds. The number of fused-ring (bicyclic) bond motifs is 1. The average Bonchev–Trinajstić information content (AvgIpc) is 3.21. The molecule has 2 aromatic carbocycles. The van der Waals surface area contributed by atoms with Crippen LogP contribution in [0.4, 0.5) is 5.69 Å². The van der Waals surface area contributed by atoms with Crippen LogP contribution in [0.1, 0.15) is 16.1 Å². The van der Waals surface area contributed by atoms with Crippen molar-refractivity contribution in [3.05, 3.63) is 83.2 Å². The largest absolute Gasteiger partial charge is 0.451 e. The van der Waals surface area contributed by atoms with Crippen LogP contribution in [0.5, 0.6) is 0 Å². The van der Waals surface area contributed by atoms with Crippen LogP contribution in [0.15, 0.2) is 71.3 Å². The van der Waals surface area contributed by atoms with Gasteiger partial charge in [0.05, 0.1) is 5.52 Å². The summed E-state index contributed by atoms with van der Waals surface area (Å²) < 4.78 is 5.68. The Balaban J connectivity index is 1.47. The van der Waals surface area contributed by atoms with Gasteiger partial charge in [-0.25, -0.2) is 0 Å². The Kier molecular flexibility index (Phi) is 5.29. The molecular weight excluding hydrogens is 406 g/mol. The number of aryl methyl sites for hydroxylation is 1. The van der Waals surface area contributed by atoms with Gasteiger partial charge >= 0.3 is 0 Å². The second-order valence-electron chi connectivity index (χ2n) is 6.41. The number of carbonyl (C=O) groups is 1. The zero-order valence-corrected chi connectivity index (χ0v) is 17.0. The van der Waals surface area contributed by atoms with E-state index in [1.165, 1.54) is 0 Å². The monoisotopic (exact) mass is 421 g/mol. The van der Waals surface area contributed by atoms with Gasteiger partial charge in [0.1, 0.15) is 5.76 Å². The summed E-state index contributed by atoms with van der Waals surface area (Å²) in [4.78, 5) is 16.8. The second-order valence-corrected chi connectivity index (χ2v) is 7.23. The van der Waals surface area contributed by atoms with Gasteiger partial charge in [0.25, 0.3) is 5.91 Å². The third-order valence-corrected chi connectivity index (χ3v) is 5.02. The number of pyridine rings is 1. The van der Waals surface area contributed by atoms with E-state index in [1.54, 1.807) is 24.4 Å². The number of anilines is 1. The first-order valence-electron chi connectivity index (χ1n) is 8.84. The zero-order chi connectivity index (χ0) is 20.4. The van der Waals surface area contributed by atoms with Gasteiger partial charge in [-0.2, -0.15) is 0 Å². The molecule has 0 radical (unpaired) electrons. The van der Waals surface area contributed by atoms with Gasteiger partial charge < -0.3 is 9.73 Å². The third-order valence-electron chi connectivity index (χ3n) is 4.41. The predicted molar refractivity (Wildman–Crippen MR) is 119 cm³/mol. The summed E-state index contributed by atoms with van der Waals surface area (Å²) in [5.74, 6) is 0.266. The van der Waals surface area contributed by atoms with Gasteiger partial charge in [-0.3, -0.25) is 15.1 Å². The maximum atomic E-state index is 12.5. The highest BCUT2D eigenvalue weighted by Gasteiger charge is 2.15. The summed E-state index contributed by atoms with van der Waals surface area (Å²) in [5, 5.41) is 7.39. The number of amides is 1. The average molecular weight is 422 g/mol. The molecule has 144 valence electrons. The van der Waals surface area contributed by atoms with Crippen LogP contribution < -0.4 is 10.6 Å². The maximum absolute atomic E-state index is 12.5. The van der Waals surface area contributed by atoms with Crippen molar-refractivity contribution >= 4 is 51.4 Å². The lowest BCUT2D eigenvalue weighted by atomic mass is 10.1. The van der Waals surface area contributed by atoms with E-state index in [0.717, 1.165) is 27.7 Å². The number of furan rings is 1. The minimum Gasteiger partial charge on any atom is -0.451 e. The van der Waals surface area contributed by atoms with Gasteiger partial charge in [-0.05, 0) is 67.2 Å². The number of carbonyl (C=O) groups excluding carboxylic acids is 1. The summed E-state index contributed by atoms with van der Waals surface area (Å²) in [7, 11) is 0. The SMILES string of the molecule is Cc1ccc(-c2ccc(C(=O)NC(=S)Nc3cccc4ncccc34)o2)cc1Cl. The van der Waals surface area contributed by atoms with E-state index in [0.29, 0.717) is 10.8 Å². The Morgan fingerprint density at radius 1 is 1.10 bits per heavy atom. The maximum Gasteiger partial charge on any atom is 0.293 e. The van der Waals surface area contributed by atoms with Crippen molar-refractivity contribution < 1.29 is 9.21 Å². The number of thiocarbonyl (C=S) groups is 1. The molecule has 2 aromatic heterocycles. The second kappa shape index (κ2) is 8.03. The van der Waals surface area contributed by atoms with E-state index in [1.807, 2.05) is 49.4 Å². The van der Waals surface area contributed by atoms with E-state index in [4.69, 9.17) is 28.2 Å². The highest BCUT2D eigenvalue weighted by atomic mass is 35.5. The minimum atomic E-state index is -0.440. The van der Waals surface area contributed by atoms with Gasteiger partial charge in [-0.15, -0.1) is 0 Å². The summed E-state index contributed by atoms with van der Waals surface area (Å²) in [6.07, 6.45) is 1.72. The molecule has 4 rings (SSSR count). The molecule has 0 aliphatic heterocycles. The van der Waals surface area contributed by atoms with Gasteiger partial charge in [0.2, 0.25) is 0 Å². The molecule has 2 N–H and O–H groups in total. The van der Waals surface area contributed by atoms with E-state index in [9.17, 15) is 4.79 Å². The first kappa shape index (κ1) is 19.1. The topological polar surface area (TPSA) is 67.2 Å². The quantitative estimate of drug-likeness (QED) is 0.422. The molecule has 0 aliphatic carbocycles. The number of hydrogen-bond donors (Lipinski definition) is 2. The van der Waals surface area contributed by atoms with Crippen LogP contribution in [-0.4, -0.2) is 16.0 Å². The first-order chi connectivity index (χ1) is 14.0. The van der Waals surface area contributed by atoms with Crippen LogP contribution in [0.3, 0.4) is 0 Å². The molecule has 5 nitrogen and oxygen atoms in total. The molecular formula is C22H16ClN3O2S. The van der Waals surface area contributed by atoms with Crippen LogP contribution in [0.2, 0.25) is 5.02 Å². The Morgan fingerprint density at radius 3 is 2.79 bits per heavy atom. The lowest BCUT2D eigenvalue weighted by Crippen LogP contribution is -2.33. The summed E-state index contributed by atoms with van der Waals surface area (Å²) in [5.41, 5.74) is 3.36.